The van der Waals surface area contributed by atoms with Crippen LogP contribution in [-0.4, -0.2) is 70.5 Å². The van der Waals surface area contributed by atoms with Gasteiger partial charge in [-0.25, -0.2) is 31.9 Å². The molecule has 0 saturated carbocycles. The first kappa shape index (κ1) is 26.3. The van der Waals surface area contributed by atoms with Gasteiger partial charge in [-0.1, -0.05) is 12.1 Å². The highest BCUT2D eigenvalue weighted by Crippen LogP contribution is 2.47. The standard InChI is InChI=1S/C28H31N5O6S/c1-18(34)19-5-7-20(8-6-19)32-26(35)31-12-11-23-25(33(31)27(32)36)22-10-9-21(17-24(22)39-28(23,2)3)29-13-15-30(16-14-29)40(4,37)38/h5-11,17,25H,12-16H2,1-4H3. The van der Waals surface area contributed by atoms with Gasteiger partial charge in [0.1, 0.15) is 17.4 Å². The molecule has 12 heteroatoms. The van der Waals surface area contributed by atoms with E-state index in [-0.39, 0.29) is 12.3 Å². The molecule has 1 unspecified atom stereocenters. The average molecular weight is 566 g/mol. The van der Waals surface area contributed by atoms with Gasteiger partial charge in [-0.05, 0) is 56.7 Å². The van der Waals surface area contributed by atoms with Gasteiger partial charge in [-0.15, -0.1) is 0 Å². The molecule has 11 nitrogen and oxygen atoms in total. The van der Waals surface area contributed by atoms with Crippen molar-refractivity contribution in [1.82, 2.24) is 18.2 Å². The van der Waals surface area contributed by atoms with Crippen molar-refractivity contribution < 1.29 is 17.9 Å². The molecule has 3 aliphatic rings. The van der Waals surface area contributed by atoms with Crippen LogP contribution in [0.15, 0.2) is 63.7 Å². The highest BCUT2D eigenvalue weighted by molar-refractivity contribution is 7.88. The van der Waals surface area contributed by atoms with Crippen LogP contribution in [0.3, 0.4) is 0 Å². The summed E-state index contributed by atoms with van der Waals surface area (Å²) >= 11 is 0. The van der Waals surface area contributed by atoms with Crippen LogP contribution in [0.1, 0.15) is 42.7 Å². The lowest BCUT2D eigenvalue weighted by Crippen LogP contribution is -2.48. The van der Waals surface area contributed by atoms with Gasteiger partial charge in [0, 0.05) is 49.1 Å². The first-order chi connectivity index (χ1) is 18.9. The van der Waals surface area contributed by atoms with Gasteiger partial charge in [0.15, 0.2) is 5.78 Å². The minimum atomic E-state index is -3.24. The number of ketones is 1. The molecule has 1 aromatic heterocycles. The van der Waals surface area contributed by atoms with Crippen molar-refractivity contribution in [2.75, 3.05) is 37.3 Å². The van der Waals surface area contributed by atoms with Crippen molar-refractivity contribution >= 4 is 21.5 Å². The minimum Gasteiger partial charge on any atom is -0.483 e. The summed E-state index contributed by atoms with van der Waals surface area (Å²) in [6.07, 6.45) is 3.18. The lowest BCUT2D eigenvalue weighted by Gasteiger charge is -2.43. The van der Waals surface area contributed by atoms with Crippen molar-refractivity contribution in [3.63, 3.8) is 0 Å². The summed E-state index contributed by atoms with van der Waals surface area (Å²) in [6.45, 7) is 7.49. The maximum absolute atomic E-state index is 13.9. The summed E-state index contributed by atoms with van der Waals surface area (Å²) in [6, 6.07) is 11.7. The van der Waals surface area contributed by atoms with Crippen LogP contribution >= 0.6 is 0 Å². The van der Waals surface area contributed by atoms with Crippen LogP contribution in [0, 0.1) is 0 Å². The number of Topliss-reactive ketones (excluding diaryl/α,β-unsaturated/α-hetero) is 1. The topological polar surface area (TPSA) is 116 Å². The monoisotopic (exact) mass is 565 g/mol. The fourth-order valence-corrected chi connectivity index (χ4v) is 6.75. The van der Waals surface area contributed by atoms with Gasteiger partial charge in [0.25, 0.3) is 0 Å². The first-order valence-corrected chi connectivity index (χ1v) is 15.0. The predicted octanol–water partition coefficient (Wildman–Crippen LogP) is 1.79. The molecule has 0 N–H and O–H groups in total. The number of aromatic nitrogens is 3. The number of allylic oxidation sites excluding steroid dienone is 1. The molecule has 0 amide bonds. The third-order valence-electron chi connectivity index (χ3n) is 8.04. The Balaban J connectivity index is 1.41. The molecule has 0 bridgehead atoms. The zero-order valence-electron chi connectivity index (χ0n) is 22.8. The van der Waals surface area contributed by atoms with Crippen molar-refractivity contribution in [3.05, 3.63) is 86.2 Å². The van der Waals surface area contributed by atoms with E-state index in [1.807, 2.05) is 38.1 Å². The molecule has 2 aromatic carbocycles. The molecule has 0 radical (unpaired) electrons. The zero-order chi connectivity index (χ0) is 28.6. The highest BCUT2D eigenvalue weighted by Gasteiger charge is 2.44. The van der Waals surface area contributed by atoms with E-state index in [1.165, 1.54) is 26.8 Å². The molecule has 210 valence electrons. The largest absolute Gasteiger partial charge is 0.483 e. The number of piperazine rings is 1. The molecule has 40 heavy (non-hydrogen) atoms. The van der Waals surface area contributed by atoms with Gasteiger partial charge in [0.05, 0.1) is 18.5 Å². The summed E-state index contributed by atoms with van der Waals surface area (Å²) < 4.78 is 35.9. The maximum Gasteiger partial charge on any atom is 0.352 e. The molecular formula is C28H31N5O6S. The Labute approximate surface area is 231 Å². The number of fused-ring (bicyclic) bond motifs is 5. The molecule has 0 spiro atoms. The first-order valence-electron chi connectivity index (χ1n) is 13.2. The smallest absolute Gasteiger partial charge is 0.352 e. The summed E-state index contributed by atoms with van der Waals surface area (Å²) in [5, 5.41) is 0. The summed E-state index contributed by atoms with van der Waals surface area (Å²) in [4.78, 5) is 41.2. The van der Waals surface area contributed by atoms with E-state index < -0.39 is 33.0 Å². The SMILES string of the molecule is CC(=O)c1ccc(-n2c(=O)n3n(c2=O)C2C(=CC3)C(C)(C)Oc3cc(N4CCN(S(C)(=O)=O)CC4)ccc32)cc1. The third-order valence-corrected chi connectivity index (χ3v) is 9.34. The van der Waals surface area contributed by atoms with Crippen LogP contribution in [0.4, 0.5) is 5.69 Å². The second kappa shape index (κ2) is 9.07. The summed E-state index contributed by atoms with van der Waals surface area (Å²) in [5.74, 6) is 0.514. The van der Waals surface area contributed by atoms with E-state index in [0.717, 1.165) is 21.4 Å². The molecule has 1 saturated heterocycles. The van der Waals surface area contributed by atoms with Crippen LogP contribution in [0.25, 0.3) is 5.69 Å². The molecule has 0 aliphatic carbocycles. The Morgan fingerprint density at radius 3 is 2.23 bits per heavy atom. The molecule has 1 atom stereocenters. The summed E-state index contributed by atoms with van der Waals surface area (Å²) in [5.41, 5.74) is 1.78. The Morgan fingerprint density at radius 1 is 0.950 bits per heavy atom. The lowest BCUT2D eigenvalue weighted by molar-refractivity contribution is 0.101. The molecule has 4 heterocycles. The van der Waals surface area contributed by atoms with E-state index in [2.05, 4.69) is 4.90 Å². The van der Waals surface area contributed by atoms with Gasteiger partial charge in [0.2, 0.25) is 10.0 Å². The second-order valence-corrected chi connectivity index (χ2v) is 13.0. The number of rotatable bonds is 4. The number of sulfonamides is 1. The van der Waals surface area contributed by atoms with E-state index >= 15 is 0 Å². The van der Waals surface area contributed by atoms with Gasteiger partial charge < -0.3 is 9.64 Å². The van der Waals surface area contributed by atoms with Crippen LogP contribution in [-0.2, 0) is 16.6 Å². The fourth-order valence-electron chi connectivity index (χ4n) is 5.93. The van der Waals surface area contributed by atoms with E-state index in [4.69, 9.17) is 4.74 Å². The van der Waals surface area contributed by atoms with Crippen molar-refractivity contribution in [2.24, 2.45) is 0 Å². The number of hydrogen-bond donors (Lipinski definition) is 0. The maximum atomic E-state index is 13.9. The van der Waals surface area contributed by atoms with Gasteiger partial charge in [-0.3, -0.25) is 4.79 Å². The number of benzene rings is 2. The van der Waals surface area contributed by atoms with Crippen LogP contribution < -0.4 is 21.0 Å². The Morgan fingerprint density at radius 2 is 1.60 bits per heavy atom. The molecule has 6 rings (SSSR count). The molecule has 3 aliphatic heterocycles. The number of anilines is 1. The van der Waals surface area contributed by atoms with Crippen molar-refractivity contribution in [1.29, 1.82) is 0 Å². The summed E-state index contributed by atoms with van der Waals surface area (Å²) in [7, 11) is -3.24. The lowest BCUT2D eigenvalue weighted by atomic mass is 9.83. The zero-order valence-corrected chi connectivity index (χ0v) is 23.6. The van der Waals surface area contributed by atoms with E-state index in [1.54, 1.807) is 24.3 Å². The number of hydrogen-bond acceptors (Lipinski definition) is 7. The number of nitrogens with zero attached hydrogens (tertiary/aromatic N) is 5. The normalized spacial score (nSPS) is 20.1. The minimum absolute atomic E-state index is 0.0988. The third kappa shape index (κ3) is 4.13. The molecule has 3 aromatic rings. The number of carbonyl (C=O) groups excluding carboxylic acids is 1. The van der Waals surface area contributed by atoms with E-state index in [9.17, 15) is 22.8 Å². The van der Waals surface area contributed by atoms with E-state index in [0.29, 0.717) is 43.2 Å². The van der Waals surface area contributed by atoms with Crippen LogP contribution in [0.2, 0.25) is 0 Å². The molecule has 1 fully saturated rings. The molecular weight excluding hydrogens is 534 g/mol. The second-order valence-electron chi connectivity index (χ2n) is 11.0. The fraction of sp³-hybridized carbons (Fsp3) is 0.393. The number of carbonyl (C=O) groups is 1. The van der Waals surface area contributed by atoms with Gasteiger partial charge >= 0.3 is 11.4 Å². The quantitative estimate of drug-likeness (QED) is 0.350. The Kier molecular flexibility index (Phi) is 5.97. The van der Waals surface area contributed by atoms with Crippen molar-refractivity contribution in [3.8, 4) is 11.4 Å². The van der Waals surface area contributed by atoms with Crippen molar-refractivity contribution in [2.45, 2.75) is 39.0 Å². The Bertz CT molecular complexity index is 1790. The highest BCUT2D eigenvalue weighted by atomic mass is 32.2. The van der Waals surface area contributed by atoms with Crippen LogP contribution in [0.5, 0.6) is 5.75 Å². The Hall–Kier alpha value is -3.90. The number of ether oxygens (including phenoxy) is 1. The average Bonchev–Trinajstić information content (AvgIpc) is 3.17. The van der Waals surface area contributed by atoms with Gasteiger partial charge in [-0.2, -0.15) is 4.31 Å². The predicted molar refractivity (Wildman–Crippen MR) is 150 cm³/mol.